The monoisotopic (exact) mass is 293 g/mol. The highest BCUT2D eigenvalue weighted by atomic mass is 16.1. The Morgan fingerprint density at radius 1 is 0.905 bits per heavy atom. The van der Waals surface area contributed by atoms with Crippen molar-refractivity contribution in [3.05, 3.63) is 48.0 Å². The number of primary amides is 1. The Hall–Kier alpha value is -2.23. The first kappa shape index (κ1) is 23.8. The van der Waals surface area contributed by atoms with Crippen LogP contribution in [0.1, 0.15) is 38.8 Å². The molecular weight excluding hydrogens is 266 g/mol. The SMILES string of the molecule is C=CC(N)=O.CC(C)=O.CC(C)=O.Cc1ccccc1C. The molecule has 1 amide bonds. The molecule has 0 aliphatic heterocycles. The van der Waals surface area contributed by atoms with Gasteiger partial charge in [0, 0.05) is 0 Å². The zero-order chi connectivity index (χ0) is 17.4. The van der Waals surface area contributed by atoms with E-state index in [-0.39, 0.29) is 11.6 Å². The van der Waals surface area contributed by atoms with Crippen molar-refractivity contribution in [3.8, 4) is 0 Å². The first-order valence-electron chi connectivity index (χ1n) is 6.43. The highest BCUT2D eigenvalue weighted by Crippen LogP contribution is 2.02. The van der Waals surface area contributed by atoms with E-state index in [4.69, 9.17) is 0 Å². The second-order valence-electron chi connectivity index (χ2n) is 4.51. The van der Waals surface area contributed by atoms with Crippen LogP contribution in [0.4, 0.5) is 0 Å². The fraction of sp³-hybridized carbons (Fsp3) is 0.353. The number of benzene rings is 1. The first-order chi connectivity index (χ1) is 9.54. The van der Waals surface area contributed by atoms with E-state index < -0.39 is 5.91 Å². The molecule has 0 heterocycles. The Morgan fingerprint density at radius 3 is 1.19 bits per heavy atom. The van der Waals surface area contributed by atoms with Crippen LogP contribution in [0.15, 0.2) is 36.9 Å². The second kappa shape index (κ2) is 15.8. The number of hydrogen-bond acceptors (Lipinski definition) is 3. The van der Waals surface area contributed by atoms with Crippen molar-refractivity contribution in [2.45, 2.75) is 41.5 Å². The molecule has 0 atom stereocenters. The molecule has 0 saturated heterocycles. The van der Waals surface area contributed by atoms with Crippen LogP contribution in [-0.4, -0.2) is 17.5 Å². The van der Waals surface area contributed by atoms with Crippen LogP contribution >= 0.6 is 0 Å². The van der Waals surface area contributed by atoms with E-state index in [1.165, 1.54) is 38.8 Å². The van der Waals surface area contributed by atoms with Gasteiger partial charge in [0.05, 0.1) is 0 Å². The third kappa shape index (κ3) is 38.1. The van der Waals surface area contributed by atoms with Crippen LogP contribution in [0.25, 0.3) is 0 Å². The molecule has 0 unspecified atom stereocenters. The molecule has 0 radical (unpaired) electrons. The zero-order valence-corrected chi connectivity index (χ0v) is 13.9. The second-order valence-corrected chi connectivity index (χ2v) is 4.51. The predicted octanol–water partition coefficient (Wildman–Crippen LogP) is 3.15. The van der Waals surface area contributed by atoms with Gasteiger partial charge in [0.1, 0.15) is 11.6 Å². The Labute approximate surface area is 128 Å². The minimum Gasteiger partial charge on any atom is -0.366 e. The number of nitrogens with two attached hydrogens (primary N) is 1. The van der Waals surface area contributed by atoms with Gasteiger partial charge in [-0.15, -0.1) is 0 Å². The average Bonchev–Trinajstić information content (AvgIpc) is 2.32. The van der Waals surface area contributed by atoms with Gasteiger partial charge in [0.25, 0.3) is 0 Å². The molecule has 1 rings (SSSR count). The fourth-order valence-corrected chi connectivity index (χ4v) is 0.663. The maximum atomic E-state index is 9.47. The molecule has 0 aromatic heterocycles. The summed E-state index contributed by atoms with van der Waals surface area (Å²) in [6.45, 7) is 13.4. The lowest BCUT2D eigenvalue weighted by Crippen LogP contribution is -2.04. The van der Waals surface area contributed by atoms with Crippen LogP contribution in [0.3, 0.4) is 0 Å². The van der Waals surface area contributed by atoms with Crippen molar-refractivity contribution in [3.63, 3.8) is 0 Å². The van der Waals surface area contributed by atoms with Gasteiger partial charge in [-0.25, -0.2) is 0 Å². The van der Waals surface area contributed by atoms with Crippen LogP contribution in [0, 0.1) is 13.8 Å². The van der Waals surface area contributed by atoms with E-state index >= 15 is 0 Å². The number of aryl methyl sites for hydroxylation is 2. The quantitative estimate of drug-likeness (QED) is 0.808. The normalized spacial score (nSPS) is 7.52. The Bertz CT molecular complexity index is 410. The average molecular weight is 293 g/mol. The molecule has 0 spiro atoms. The summed E-state index contributed by atoms with van der Waals surface area (Å²) >= 11 is 0. The standard InChI is InChI=1S/C8H10.C3H5NO.2C3H6O/c1-7-5-3-4-6-8(7)2;1-2-3(4)5;2*1-3(2)4/h3-6H,1-2H3;2H,1H2,(H2,4,5);2*1-2H3. The predicted molar refractivity (Wildman–Crippen MR) is 88.0 cm³/mol. The summed E-state index contributed by atoms with van der Waals surface area (Å²) in [4.78, 5) is 28.4. The molecule has 0 aliphatic carbocycles. The lowest BCUT2D eigenvalue weighted by atomic mass is 10.1. The van der Waals surface area contributed by atoms with Crippen LogP contribution in [0.2, 0.25) is 0 Å². The molecule has 0 fully saturated rings. The van der Waals surface area contributed by atoms with E-state index in [1.807, 2.05) is 0 Å². The highest BCUT2D eigenvalue weighted by Gasteiger charge is 1.83. The smallest absolute Gasteiger partial charge is 0.240 e. The molecule has 4 heteroatoms. The number of ketones is 2. The van der Waals surface area contributed by atoms with Gasteiger partial charge >= 0.3 is 0 Å². The van der Waals surface area contributed by atoms with Gasteiger partial charge < -0.3 is 15.3 Å². The summed E-state index contributed by atoms with van der Waals surface area (Å²) in [6.07, 6.45) is 1.06. The summed E-state index contributed by atoms with van der Waals surface area (Å²) in [6, 6.07) is 8.36. The molecule has 1 aromatic rings. The van der Waals surface area contributed by atoms with Crippen molar-refractivity contribution >= 4 is 17.5 Å². The van der Waals surface area contributed by atoms with E-state index in [0.29, 0.717) is 0 Å². The third-order valence-electron chi connectivity index (χ3n) is 1.63. The number of carbonyl (C=O) groups is 3. The van der Waals surface area contributed by atoms with Crippen LogP contribution in [0.5, 0.6) is 0 Å². The lowest BCUT2D eigenvalue weighted by molar-refractivity contribution is -0.115. The summed E-state index contributed by atoms with van der Waals surface area (Å²) in [5.74, 6) is -0.148. The highest BCUT2D eigenvalue weighted by molar-refractivity contribution is 5.84. The van der Waals surface area contributed by atoms with Crippen molar-refractivity contribution < 1.29 is 14.4 Å². The summed E-state index contributed by atoms with van der Waals surface area (Å²) < 4.78 is 0. The molecule has 118 valence electrons. The van der Waals surface area contributed by atoms with Crippen LogP contribution < -0.4 is 5.73 Å². The topological polar surface area (TPSA) is 77.2 Å². The number of carbonyl (C=O) groups excluding carboxylic acids is 3. The Balaban J connectivity index is -0.000000219. The van der Waals surface area contributed by atoms with Crippen molar-refractivity contribution in [1.29, 1.82) is 0 Å². The van der Waals surface area contributed by atoms with Crippen molar-refractivity contribution in [1.82, 2.24) is 0 Å². The number of hydrogen-bond donors (Lipinski definition) is 1. The van der Waals surface area contributed by atoms with Crippen molar-refractivity contribution in [2.75, 3.05) is 0 Å². The number of Topliss-reactive ketones (excluding diaryl/α,β-unsaturated/α-hetero) is 2. The molecule has 0 saturated carbocycles. The van der Waals surface area contributed by atoms with Gasteiger partial charge in [-0.3, -0.25) is 4.79 Å². The number of amides is 1. The summed E-state index contributed by atoms with van der Waals surface area (Å²) in [5, 5.41) is 0. The Morgan fingerprint density at radius 2 is 1.10 bits per heavy atom. The Kier molecular flexibility index (Phi) is 18.0. The van der Waals surface area contributed by atoms with E-state index in [1.54, 1.807) is 0 Å². The van der Waals surface area contributed by atoms with Crippen molar-refractivity contribution in [2.24, 2.45) is 5.73 Å². The molecule has 4 nitrogen and oxygen atoms in total. The maximum absolute atomic E-state index is 9.47. The molecule has 21 heavy (non-hydrogen) atoms. The minimum atomic E-state index is -0.481. The lowest BCUT2D eigenvalue weighted by Gasteiger charge is -1.93. The van der Waals surface area contributed by atoms with E-state index in [9.17, 15) is 14.4 Å². The molecule has 0 aliphatic rings. The molecule has 2 N–H and O–H groups in total. The molecule has 0 bridgehead atoms. The number of rotatable bonds is 1. The van der Waals surface area contributed by atoms with E-state index in [2.05, 4.69) is 50.4 Å². The van der Waals surface area contributed by atoms with Gasteiger partial charge in [-0.05, 0) is 58.7 Å². The fourth-order valence-electron chi connectivity index (χ4n) is 0.663. The molecular formula is C17H27NO3. The minimum absolute atomic E-state index is 0.167. The van der Waals surface area contributed by atoms with E-state index in [0.717, 1.165) is 6.08 Å². The molecule has 1 aromatic carbocycles. The largest absolute Gasteiger partial charge is 0.366 e. The van der Waals surface area contributed by atoms with Gasteiger partial charge in [0.2, 0.25) is 5.91 Å². The van der Waals surface area contributed by atoms with Gasteiger partial charge in [-0.2, -0.15) is 0 Å². The maximum Gasteiger partial charge on any atom is 0.240 e. The van der Waals surface area contributed by atoms with Crippen LogP contribution in [-0.2, 0) is 14.4 Å². The van der Waals surface area contributed by atoms with Gasteiger partial charge in [-0.1, -0.05) is 30.8 Å². The summed E-state index contributed by atoms with van der Waals surface area (Å²) in [5.41, 5.74) is 7.27. The third-order valence-corrected chi connectivity index (χ3v) is 1.63. The summed E-state index contributed by atoms with van der Waals surface area (Å²) in [7, 11) is 0. The van der Waals surface area contributed by atoms with Gasteiger partial charge in [0.15, 0.2) is 0 Å². The first-order valence-corrected chi connectivity index (χ1v) is 6.43. The zero-order valence-electron chi connectivity index (χ0n) is 13.9.